The fourth-order valence-electron chi connectivity index (χ4n) is 0.853. The van der Waals surface area contributed by atoms with E-state index < -0.39 is 0 Å². The molecule has 3 heteroatoms. The average molecular weight is 107 g/mol. The lowest BCUT2D eigenvalue weighted by molar-refractivity contribution is 0.601. The molecule has 1 fully saturated rings. The second-order valence-electron chi connectivity index (χ2n) is 2.61. The molecule has 0 spiro atoms. The summed E-state index contributed by atoms with van der Waals surface area (Å²) in [6.07, 6.45) is 1.21. The summed E-state index contributed by atoms with van der Waals surface area (Å²) in [6.45, 7) is 4.52. The summed E-state index contributed by atoms with van der Waals surface area (Å²) < 4.78 is 0. The van der Waals surface area contributed by atoms with Gasteiger partial charge in [-0.2, -0.15) is 0 Å². The van der Waals surface area contributed by atoms with Gasteiger partial charge in [0.25, 0.3) is 0 Å². The van der Waals surface area contributed by atoms with Gasteiger partial charge in [0, 0.05) is 0 Å². The minimum absolute atomic E-state index is 0.736. The van der Waals surface area contributed by atoms with Gasteiger partial charge in [-0.05, 0) is 0 Å². The Hall–Kier alpha value is 0.0899. The van der Waals surface area contributed by atoms with E-state index in [9.17, 15) is 0 Å². The molecular formula is C5H11B2N. The van der Waals surface area contributed by atoms with Gasteiger partial charge in [-0.15, -0.1) is 0 Å². The average Bonchev–Trinajstić information content (AvgIpc) is 1.77. The lowest BCUT2D eigenvalue weighted by Gasteiger charge is -2.23. The molecule has 0 saturated carbocycles. The Morgan fingerprint density at radius 2 is 2.25 bits per heavy atom. The number of rotatable bonds is 0. The zero-order valence-corrected chi connectivity index (χ0v) is 5.52. The first kappa shape index (κ1) is 6.21. The molecule has 1 heterocycles. The highest BCUT2D eigenvalue weighted by Gasteiger charge is 2.17. The second kappa shape index (κ2) is 2.58. The van der Waals surface area contributed by atoms with Gasteiger partial charge >= 0.3 is 0 Å². The van der Waals surface area contributed by atoms with Gasteiger partial charge in [-0.1, -0.05) is 31.9 Å². The molecule has 0 aromatic carbocycles. The minimum atomic E-state index is 0.736. The van der Waals surface area contributed by atoms with Gasteiger partial charge in [0.05, 0.1) is 0 Å². The number of nitrogens with one attached hydrogen (secondary N) is 1. The number of hydrogen-bond donors (Lipinski definition) is 1. The van der Waals surface area contributed by atoms with Crippen molar-refractivity contribution < 1.29 is 0 Å². The first-order chi connectivity index (χ1) is 3.80. The Kier molecular flexibility index (Phi) is 2.01. The van der Waals surface area contributed by atoms with E-state index in [0.717, 1.165) is 11.7 Å². The van der Waals surface area contributed by atoms with Crippen molar-refractivity contribution in [3.8, 4) is 0 Å². The number of hydrogen-bond acceptors (Lipinski definition) is 1. The second-order valence-corrected chi connectivity index (χ2v) is 2.61. The van der Waals surface area contributed by atoms with Crippen molar-refractivity contribution in [1.82, 2.24) is 5.14 Å². The summed E-state index contributed by atoms with van der Waals surface area (Å²) in [7, 11) is 4.26. The van der Waals surface area contributed by atoms with E-state index in [1.165, 1.54) is 6.32 Å². The van der Waals surface area contributed by atoms with Gasteiger partial charge in [0.15, 0.2) is 14.8 Å². The van der Waals surface area contributed by atoms with Crippen LogP contribution in [0.25, 0.3) is 0 Å². The summed E-state index contributed by atoms with van der Waals surface area (Å²) in [4.78, 5) is 0. The minimum Gasteiger partial charge on any atom is -0.407 e. The molecule has 1 rings (SSSR count). The lowest BCUT2D eigenvalue weighted by Crippen LogP contribution is -2.35. The van der Waals surface area contributed by atoms with Crippen LogP contribution in [-0.4, -0.2) is 14.8 Å². The molecule has 1 aliphatic heterocycles. The zero-order valence-electron chi connectivity index (χ0n) is 5.52. The summed E-state index contributed by atoms with van der Waals surface area (Å²) in [6, 6.07) is 0. The molecule has 2 radical (unpaired) electrons. The Labute approximate surface area is 52.8 Å². The quantitative estimate of drug-likeness (QED) is 0.449. The summed E-state index contributed by atoms with van der Waals surface area (Å²) in [5.74, 6) is 1.57. The Balaban J connectivity index is 2.28. The molecular weight excluding hydrogens is 95.7 g/mol. The van der Waals surface area contributed by atoms with Crippen LogP contribution in [0.1, 0.15) is 13.8 Å². The van der Waals surface area contributed by atoms with Crippen LogP contribution >= 0.6 is 0 Å². The van der Waals surface area contributed by atoms with Crippen molar-refractivity contribution in [3.63, 3.8) is 0 Å². The molecule has 0 bridgehead atoms. The SMILES string of the molecule is CC1[B]N[B]CC1C. The molecule has 0 amide bonds. The van der Waals surface area contributed by atoms with E-state index in [1.54, 1.807) is 0 Å². The highest BCUT2D eigenvalue weighted by atomic mass is 14.6. The molecule has 2 unspecified atom stereocenters. The van der Waals surface area contributed by atoms with Crippen molar-refractivity contribution in [2.75, 3.05) is 0 Å². The van der Waals surface area contributed by atoms with Crippen LogP contribution in [0.2, 0.25) is 12.1 Å². The van der Waals surface area contributed by atoms with Crippen LogP contribution in [0.3, 0.4) is 0 Å². The van der Waals surface area contributed by atoms with Gasteiger partial charge in [0.2, 0.25) is 0 Å². The Morgan fingerprint density at radius 1 is 1.50 bits per heavy atom. The smallest absolute Gasteiger partial charge is 0.196 e. The van der Waals surface area contributed by atoms with E-state index in [4.69, 9.17) is 0 Å². The third-order valence-electron chi connectivity index (χ3n) is 1.86. The van der Waals surface area contributed by atoms with Crippen molar-refractivity contribution in [2.24, 2.45) is 5.92 Å². The van der Waals surface area contributed by atoms with Crippen molar-refractivity contribution in [2.45, 2.75) is 26.0 Å². The van der Waals surface area contributed by atoms with Crippen molar-refractivity contribution >= 4 is 14.8 Å². The first-order valence-corrected chi connectivity index (χ1v) is 3.22. The van der Waals surface area contributed by atoms with Crippen LogP contribution in [0.5, 0.6) is 0 Å². The van der Waals surface area contributed by atoms with Crippen LogP contribution in [0, 0.1) is 5.92 Å². The van der Waals surface area contributed by atoms with Gasteiger partial charge in [-0.25, -0.2) is 0 Å². The molecule has 1 saturated heterocycles. The van der Waals surface area contributed by atoms with Gasteiger partial charge < -0.3 is 5.14 Å². The third kappa shape index (κ3) is 1.28. The monoisotopic (exact) mass is 107 g/mol. The standard InChI is InChI=1S/C5H11B2N/c1-4-3-6-8-7-5(4)2/h4-5,8H,3H2,1-2H3. The van der Waals surface area contributed by atoms with Gasteiger partial charge in [-0.3, -0.25) is 0 Å². The summed E-state index contributed by atoms with van der Waals surface area (Å²) in [5.41, 5.74) is 0. The van der Waals surface area contributed by atoms with Crippen LogP contribution in [-0.2, 0) is 0 Å². The zero-order chi connectivity index (χ0) is 5.98. The molecule has 8 heavy (non-hydrogen) atoms. The molecule has 0 aliphatic carbocycles. The molecule has 42 valence electrons. The summed E-state index contributed by atoms with van der Waals surface area (Å²) >= 11 is 0. The fraction of sp³-hybridized carbons (Fsp3) is 1.00. The fourth-order valence-corrected chi connectivity index (χ4v) is 0.853. The van der Waals surface area contributed by atoms with Crippen LogP contribution in [0.15, 0.2) is 0 Å². The van der Waals surface area contributed by atoms with E-state index in [2.05, 4.69) is 33.8 Å². The predicted molar refractivity (Wildman–Crippen MR) is 38.0 cm³/mol. The highest BCUT2D eigenvalue weighted by Crippen LogP contribution is 2.20. The molecule has 1 nitrogen and oxygen atoms in total. The first-order valence-electron chi connectivity index (χ1n) is 3.22. The van der Waals surface area contributed by atoms with Crippen molar-refractivity contribution in [3.05, 3.63) is 0 Å². The Morgan fingerprint density at radius 3 is 2.62 bits per heavy atom. The highest BCUT2D eigenvalue weighted by molar-refractivity contribution is 6.53. The lowest BCUT2D eigenvalue weighted by atomic mass is 9.56. The third-order valence-corrected chi connectivity index (χ3v) is 1.86. The maximum atomic E-state index is 3.11. The molecule has 0 aromatic heterocycles. The topological polar surface area (TPSA) is 12.0 Å². The normalized spacial score (nSPS) is 37.8. The van der Waals surface area contributed by atoms with E-state index >= 15 is 0 Å². The van der Waals surface area contributed by atoms with E-state index in [1.807, 2.05) is 0 Å². The molecule has 2 atom stereocenters. The summed E-state index contributed by atoms with van der Waals surface area (Å²) in [5, 5.41) is 3.11. The predicted octanol–water partition coefficient (Wildman–Crippen LogP) is 0.691. The van der Waals surface area contributed by atoms with Crippen molar-refractivity contribution in [1.29, 1.82) is 0 Å². The van der Waals surface area contributed by atoms with E-state index in [-0.39, 0.29) is 0 Å². The van der Waals surface area contributed by atoms with Crippen LogP contribution in [0.4, 0.5) is 0 Å². The molecule has 1 N–H and O–H groups in total. The molecule has 0 aromatic rings. The van der Waals surface area contributed by atoms with Gasteiger partial charge in [0.1, 0.15) is 0 Å². The maximum Gasteiger partial charge on any atom is 0.196 e. The molecule has 1 aliphatic rings. The van der Waals surface area contributed by atoms with Crippen LogP contribution < -0.4 is 5.14 Å². The largest absolute Gasteiger partial charge is 0.407 e. The van der Waals surface area contributed by atoms with E-state index in [0.29, 0.717) is 0 Å². The Bertz CT molecular complexity index is 66.8. The maximum absolute atomic E-state index is 3.11.